The molecule has 6 nitrogen and oxygen atoms in total. The zero-order valence-corrected chi connectivity index (χ0v) is 18.6. The molecule has 1 fully saturated rings. The number of halogens is 1. The second-order valence-electron chi connectivity index (χ2n) is 7.54. The van der Waals surface area contributed by atoms with E-state index in [9.17, 15) is 9.59 Å². The van der Waals surface area contributed by atoms with E-state index >= 15 is 0 Å². The number of carbonyl (C=O) groups excluding carboxylic acids is 2. The molecule has 1 atom stereocenters. The Bertz CT molecular complexity index is 1070. The van der Waals surface area contributed by atoms with Gasteiger partial charge in [-0.05, 0) is 50.5 Å². The van der Waals surface area contributed by atoms with E-state index in [4.69, 9.17) is 16.3 Å². The Hall–Kier alpha value is -2.38. The van der Waals surface area contributed by atoms with Crippen LogP contribution in [0.4, 0.5) is 0 Å². The SMILES string of the molecule is CCOC(=O)C1CCCN(C(=O)c2cc3c(C)nn(Cc4ccc(Cl)cc4)c3s2)C1. The summed E-state index contributed by atoms with van der Waals surface area (Å²) in [5.74, 6) is -0.470. The minimum absolute atomic E-state index is 0.0253. The molecule has 0 aliphatic carbocycles. The standard InChI is InChI=1S/C22H24ClN3O3S/c1-3-29-22(28)16-5-4-10-25(13-16)20(27)19-11-18-14(2)24-26(21(18)30-19)12-15-6-8-17(23)9-7-15/h6-9,11,16H,3-5,10,12-13H2,1-2H3. The summed E-state index contributed by atoms with van der Waals surface area (Å²) < 4.78 is 7.09. The lowest BCUT2D eigenvalue weighted by molar-refractivity contribution is -0.149. The first-order chi connectivity index (χ1) is 14.5. The lowest BCUT2D eigenvalue weighted by atomic mass is 9.98. The number of aryl methyl sites for hydroxylation is 1. The van der Waals surface area contributed by atoms with E-state index in [0.717, 1.165) is 34.3 Å². The van der Waals surface area contributed by atoms with Gasteiger partial charge in [0.05, 0.1) is 29.6 Å². The molecule has 3 heterocycles. The molecule has 0 spiro atoms. The lowest BCUT2D eigenvalue weighted by Crippen LogP contribution is -2.42. The Morgan fingerprint density at radius 3 is 2.80 bits per heavy atom. The predicted octanol–water partition coefficient (Wildman–Crippen LogP) is 4.52. The molecule has 0 radical (unpaired) electrons. The number of aromatic nitrogens is 2. The maximum atomic E-state index is 13.2. The third-order valence-electron chi connectivity index (χ3n) is 5.39. The molecule has 0 bridgehead atoms. The van der Waals surface area contributed by atoms with Crippen LogP contribution in [0.3, 0.4) is 0 Å². The molecule has 2 aromatic heterocycles. The summed E-state index contributed by atoms with van der Waals surface area (Å²) in [6.07, 6.45) is 1.58. The monoisotopic (exact) mass is 445 g/mol. The summed E-state index contributed by atoms with van der Waals surface area (Å²) in [6.45, 7) is 5.82. The van der Waals surface area contributed by atoms with Gasteiger partial charge >= 0.3 is 5.97 Å². The third kappa shape index (κ3) is 4.23. The average Bonchev–Trinajstić information content (AvgIpc) is 3.31. The minimum atomic E-state index is -0.237. The van der Waals surface area contributed by atoms with Gasteiger partial charge in [0.1, 0.15) is 4.83 Å². The van der Waals surface area contributed by atoms with Crippen LogP contribution in [-0.2, 0) is 16.1 Å². The number of ether oxygens (including phenoxy) is 1. The van der Waals surface area contributed by atoms with Crippen LogP contribution >= 0.6 is 22.9 Å². The molecule has 1 aromatic carbocycles. The number of fused-ring (bicyclic) bond motifs is 1. The normalized spacial score (nSPS) is 16.8. The number of likely N-dealkylation sites (tertiary alicyclic amines) is 1. The molecule has 1 amide bonds. The van der Waals surface area contributed by atoms with Crippen molar-refractivity contribution in [3.05, 3.63) is 51.5 Å². The highest BCUT2D eigenvalue weighted by atomic mass is 35.5. The van der Waals surface area contributed by atoms with Gasteiger partial charge in [-0.1, -0.05) is 23.7 Å². The zero-order chi connectivity index (χ0) is 21.3. The van der Waals surface area contributed by atoms with Crippen LogP contribution in [0.5, 0.6) is 0 Å². The second kappa shape index (κ2) is 8.78. The van der Waals surface area contributed by atoms with E-state index in [1.54, 1.807) is 11.8 Å². The Balaban J connectivity index is 1.55. The smallest absolute Gasteiger partial charge is 0.310 e. The van der Waals surface area contributed by atoms with Crippen molar-refractivity contribution >= 4 is 45.0 Å². The van der Waals surface area contributed by atoms with Crippen molar-refractivity contribution in [3.8, 4) is 0 Å². The van der Waals surface area contributed by atoms with Gasteiger partial charge in [-0.25, -0.2) is 0 Å². The fraction of sp³-hybridized carbons (Fsp3) is 0.409. The van der Waals surface area contributed by atoms with Crippen LogP contribution < -0.4 is 0 Å². The average molecular weight is 446 g/mol. The molecular weight excluding hydrogens is 422 g/mol. The molecule has 158 valence electrons. The highest BCUT2D eigenvalue weighted by Crippen LogP contribution is 2.31. The summed E-state index contributed by atoms with van der Waals surface area (Å²) in [4.78, 5) is 28.7. The summed E-state index contributed by atoms with van der Waals surface area (Å²) >= 11 is 7.44. The van der Waals surface area contributed by atoms with Crippen molar-refractivity contribution in [2.45, 2.75) is 33.2 Å². The number of hydrogen-bond donors (Lipinski definition) is 0. The van der Waals surface area contributed by atoms with Crippen molar-refractivity contribution in [1.82, 2.24) is 14.7 Å². The quantitative estimate of drug-likeness (QED) is 0.541. The molecular formula is C22H24ClN3O3S. The van der Waals surface area contributed by atoms with Crippen molar-refractivity contribution < 1.29 is 14.3 Å². The van der Waals surface area contributed by atoms with Crippen LogP contribution in [0.15, 0.2) is 30.3 Å². The summed E-state index contributed by atoms with van der Waals surface area (Å²) in [5.41, 5.74) is 2.00. The van der Waals surface area contributed by atoms with Gasteiger partial charge in [-0.3, -0.25) is 14.3 Å². The fourth-order valence-electron chi connectivity index (χ4n) is 3.86. The van der Waals surface area contributed by atoms with Crippen LogP contribution in [0.1, 0.15) is 40.7 Å². The first kappa shape index (κ1) is 20.9. The number of hydrogen-bond acceptors (Lipinski definition) is 5. The van der Waals surface area contributed by atoms with E-state index in [-0.39, 0.29) is 17.8 Å². The van der Waals surface area contributed by atoms with Crippen LogP contribution in [-0.4, -0.2) is 46.3 Å². The fourth-order valence-corrected chi connectivity index (χ4v) is 5.11. The molecule has 1 unspecified atom stereocenters. The minimum Gasteiger partial charge on any atom is -0.466 e. The molecule has 8 heteroatoms. The number of rotatable bonds is 5. The van der Waals surface area contributed by atoms with Crippen LogP contribution in [0.25, 0.3) is 10.2 Å². The number of thiophene rings is 1. The number of benzene rings is 1. The summed E-state index contributed by atoms with van der Waals surface area (Å²) in [6, 6.07) is 9.62. The number of nitrogens with zero attached hydrogens (tertiary/aromatic N) is 3. The molecule has 0 saturated carbocycles. The van der Waals surface area contributed by atoms with Gasteiger partial charge in [0.25, 0.3) is 5.91 Å². The maximum Gasteiger partial charge on any atom is 0.310 e. The number of amides is 1. The van der Waals surface area contributed by atoms with E-state index in [0.29, 0.717) is 36.1 Å². The Morgan fingerprint density at radius 1 is 1.30 bits per heavy atom. The van der Waals surface area contributed by atoms with Gasteiger partial charge < -0.3 is 9.64 Å². The van der Waals surface area contributed by atoms with Crippen LogP contribution in [0, 0.1) is 12.8 Å². The van der Waals surface area contributed by atoms with E-state index in [1.807, 2.05) is 41.9 Å². The van der Waals surface area contributed by atoms with Gasteiger partial charge in [0, 0.05) is 23.5 Å². The van der Waals surface area contributed by atoms with E-state index < -0.39 is 0 Å². The number of esters is 1. The molecule has 4 rings (SSSR count). The lowest BCUT2D eigenvalue weighted by Gasteiger charge is -2.31. The Morgan fingerprint density at radius 2 is 2.07 bits per heavy atom. The molecule has 3 aromatic rings. The van der Waals surface area contributed by atoms with Gasteiger partial charge in [-0.15, -0.1) is 11.3 Å². The Kier molecular flexibility index (Phi) is 6.11. The number of carbonyl (C=O) groups is 2. The van der Waals surface area contributed by atoms with Gasteiger partial charge in [0.15, 0.2) is 0 Å². The van der Waals surface area contributed by atoms with Crippen molar-refractivity contribution in [2.24, 2.45) is 5.92 Å². The predicted molar refractivity (Wildman–Crippen MR) is 118 cm³/mol. The summed E-state index contributed by atoms with van der Waals surface area (Å²) in [7, 11) is 0. The zero-order valence-electron chi connectivity index (χ0n) is 17.1. The highest BCUT2D eigenvalue weighted by Gasteiger charge is 2.30. The van der Waals surface area contributed by atoms with Gasteiger partial charge in [0.2, 0.25) is 0 Å². The van der Waals surface area contributed by atoms with E-state index in [1.165, 1.54) is 11.3 Å². The van der Waals surface area contributed by atoms with Crippen molar-refractivity contribution in [3.63, 3.8) is 0 Å². The van der Waals surface area contributed by atoms with Gasteiger partial charge in [-0.2, -0.15) is 5.10 Å². The van der Waals surface area contributed by atoms with Crippen molar-refractivity contribution in [2.75, 3.05) is 19.7 Å². The molecule has 1 saturated heterocycles. The first-order valence-corrected chi connectivity index (χ1v) is 11.3. The first-order valence-electron chi connectivity index (χ1n) is 10.1. The largest absolute Gasteiger partial charge is 0.466 e. The summed E-state index contributed by atoms with van der Waals surface area (Å²) in [5, 5.41) is 6.34. The third-order valence-corrected chi connectivity index (χ3v) is 6.78. The maximum absolute atomic E-state index is 13.2. The number of piperidine rings is 1. The molecule has 1 aliphatic rings. The van der Waals surface area contributed by atoms with E-state index in [2.05, 4.69) is 5.10 Å². The van der Waals surface area contributed by atoms with Crippen molar-refractivity contribution in [1.29, 1.82) is 0 Å². The molecule has 0 N–H and O–H groups in total. The Labute approximate surface area is 184 Å². The topological polar surface area (TPSA) is 64.4 Å². The highest BCUT2D eigenvalue weighted by molar-refractivity contribution is 7.20. The second-order valence-corrected chi connectivity index (χ2v) is 9.01. The van der Waals surface area contributed by atoms with Crippen LogP contribution in [0.2, 0.25) is 5.02 Å². The molecule has 1 aliphatic heterocycles. The molecule has 30 heavy (non-hydrogen) atoms.